The second kappa shape index (κ2) is 44.0. The maximum absolute atomic E-state index is 12.8. The number of quaternary nitrogens is 1. The molecular weight excluding hydrogens is 751 g/mol. The van der Waals surface area contributed by atoms with Crippen LogP contribution in [-0.2, 0) is 28.6 Å². The molecule has 8 nitrogen and oxygen atoms in total. The van der Waals surface area contributed by atoms with Gasteiger partial charge in [-0.05, 0) is 12.8 Å². The Kier molecular flexibility index (Phi) is 42.7. The molecule has 0 amide bonds. The summed E-state index contributed by atoms with van der Waals surface area (Å²) in [6, 6.07) is -0.609. The highest BCUT2D eigenvalue weighted by atomic mass is 16.6. The zero-order valence-corrected chi connectivity index (χ0v) is 40.7. The van der Waals surface area contributed by atoms with Gasteiger partial charge < -0.3 is 23.8 Å². The first kappa shape index (κ1) is 58.3. The third-order valence-electron chi connectivity index (χ3n) is 12.3. The summed E-state index contributed by atoms with van der Waals surface area (Å²) >= 11 is 0. The van der Waals surface area contributed by atoms with Gasteiger partial charge in [0.25, 0.3) is 0 Å². The van der Waals surface area contributed by atoms with Crippen LogP contribution < -0.4 is 0 Å². The van der Waals surface area contributed by atoms with Crippen LogP contribution in [0.25, 0.3) is 0 Å². The van der Waals surface area contributed by atoms with Gasteiger partial charge in [0.2, 0.25) is 0 Å². The monoisotopic (exact) mass is 853 g/mol. The van der Waals surface area contributed by atoms with Crippen LogP contribution in [-0.4, -0.2) is 80.6 Å². The lowest BCUT2D eigenvalue weighted by atomic mass is 10.0. The summed E-state index contributed by atoms with van der Waals surface area (Å²) in [4.78, 5) is 37.1. The molecule has 0 aliphatic carbocycles. The number of carbonyl (C=O) groups excluding carboxylic acids is 2. The Morgan fingerprint density at radius 2 is 0.733 bits per heavy atom. The maximum atomic E-state index is 12.8. The Labute approximate surface area is 372 Å². The van der Waals surface area contributed by atoms with Gasteiger partial charge in [-0.25, -0.2) is 4.79 Å². The van der Waals surface area contributed by atoms with Crippen molar-refractivity contribution in [2.24, 2.45) is 0 Å². The number of carbonyl (C=O) groups is 3. The van der Waals surface area contributed by atoms with E-state index in [1.807, 2.05) is 21.1 Å². The molecule has 60 heavy (non-hydrogen) atoms. The molecule has 2 unspecified atom stereocenters. The molecule has 0 aromatic carbocycles. The van der Waals surface area contributed by atoms with Gasteiger partial charge >= 0.3 is 17.9 Å². The van der Waals surface area contributed by atoms with Gasteiger partial charge in [0, 0.05) is 19.3 Å². The molecule has 0 fully saturated rings. The molecule has 0 aliphatic heterocycles. The fourth-order valence-corrected chi connectivity index (χ4v) is 8.21. The number of unbranched alkanes of at least 4 members (excludes halogenated alkanes) is 34. The van der Waals surface area contributed by atoms with Gasteiger partial charge in [-0.15, -0.1) is 0 Å². The van der Waals surface area contributed by atoms with Crippen molar-refractivity contribution in [1.29, 1.82) is 0 Å². The van der Waals surface area contributed by atoms with E-state index >= 15 is 0 Å². The van der Waals surface area contributed by atoms with Crippen LogP contribution in [0.15, 0.2) is 0 Å². The van der Waals surface area contributed by atoms with Crippen molar-refractivity contribution in [2.45, 2.75) is 276 Å². The Morgan fingerprint density at radius 3 is 1.03 bits per heavy atom. The average molecular weight is 853 g/mol. The number of hydrogen-bond acceptors (Lipinski definition) is 6. The molecule has 0 saturated carbocycles. The number of esters is 2. The van der Waals surface area contributed by atoms with E-state index in [1.54, 1.807) is 0 Å². The number of aliphatic carboxylic acids is 1. The van der Waals surface area contributed by atoms with E-state index in [9.17, 15) is 19.5 Å². The van der Waals surface area contributed by atoms with E-state index in [0.29, 0.717) is 19.3 Å². The smallest absolute Gasteiger partial charge is 0.362 e. The van der Waals surface area contributed by atoms with Crippen LogP contribution in [0.1, 0.15) is 264 Å². The van der Waals surface area contributed by atoms with Crippen LogP contribution in [0, 0.1) is 0 Å². The highest BCUT2D eigenvalue weighted by molar-refractivity contribution is 5.72. The van der Waals surface area contributed by atoms with E-state index < -0.39 is 18.1 Å². The molecule has 0 saturated heterocycles. The van der Waals surface area contributed by atoms with E-state index in [4.69, 9.17) is 14.2 Å². The standard InChI is InChI=1S/C52H101NO7/c1-6-8-10-12-14-16-18-20-22-24-25-27-28-30-32-34-36-38-40-42-50(54)59-47-48(46-58-45-44-49(52(56)57)53(3,4)5)60-51(55)43-41-39-37-35-33-31-29-26-23-21-19-17-15-13-11-9-7-2/h48-49H,6-47H2,1-5H3/p+1. The van der Waals surface area contributed by atoms with Gasteiger partial charge in [0.15, 0.2) is 12.1 Å². The fourth-order valence-electron chi connectivity index (χ4n) is 8.21. The van der Waals surface area contributed by atoms with Crippen LogP contribution in [0.5, 0.6) is 0 Å². The number of hydrogen-bond donors (Lipinski definition) is 1. The number of carboxylic acids is 1. The number of rotatable bonds is 48. The van der Waals surface area contributed by atoms with Crippen molar-refractivity contribution in [3.63, 3.8) is 0 Å². The normalized spacial score (nSPS) is 12.8. The third kappa shape index (κ3) is 41.7. The summed E-state index contributed by atoms with van der Waals surface area (Å²) in [5.41, 5.74) is 0. The quantitative estimate of drug-likeness (QED) is 0.0370. The van der Waals surface area contributed by atoms with E-state index in [2.05, 4.69) is 13.8 Å². The third-order valence-corrected chi connectivity index (χ3v) is 12.3. The lowest BCUT2D eigenvalue weighted by Gasteiger charge is -2.31. The van der Waals surface area contributed by atoms with Crippen LogP contribution in [0.2, 0.25) is 0 Å². The summed E-state index contributed by atoms with van der Waals surface area (Å²) in [7, 11) is 5.55. The molecule has 1 N–H and O–H groups in total. The molecule has 0 rings (SSSR count). The second-order valence-electron chi connectivity index (χ2n) is 19.1. The van der Waals surface area contributed by atoms with Crippen molar-refractivity contribution < 1.29 is 38.2 Å². The molecule has 0 aromatic rings. The van der Waals surface area contributed by atoms with Crippen molar-refractivity contribution in [1.82, 2.24) is 0 Å². The lowest BCUT2D eigenvalue weighted by Crippen LogP contribution is -2.50. The molecule has 0 aliphatic rings. The lowest BCUT2D eigenvalue weighted by molar-refractivity contribution is -0.887. The Bertz CT molecular complexity index is 951. The minimum absolute atomic E-state index is 0.0412. The SMILES string of the molecule is CCCCCCCCCCCCCCCCCCCCCC(=O)OCC(COCCC(C(=O)O)[N+](C)(C)C)OC(=O)CCCCCCCCCCCCCCCCCCC. The van der Waals surface area contributed by atoms with Crippen LogP contribution in [0.3, 0.4) is 0 Å². The van der Waals surface area contributed by atoms with Gasteiger partial charge in [0.1, 0.15) is 6.61 Å². The Morgan fingerprint density at radius 1 is 0.433 bits per heavy atom. The Balaban J connectivity index is 4.18. The van der Waals surface area contributed by atoms with Crippen LogP contribution >= 0.6 is 0 Å². The van der Waals surface area contributed by atoms with Gasteiger partial charge in [-0.2, -0.15) is 0 Å². The first-order chi connectivity index (χ1) is 29.1. The first-order valence-electron chi connectivity index (χ1n) is 26.1. The fraction of sp³-hybridized carbons (Fsp3) is 0.942. The minimum Gasteiger partial charge on any atom is -0.477 e. The molecule has 0 bridgehead atoms. The molecule has 356 valence electrons. The number of nitrogens with zero attached hydrogens (tertiary/aromatic N) is 1. The zero-order valence-electron chi connectivity index (χ0n) is 40.7. The summed E-state index contributed by atoms with van der Waals surface area (Å²) in [6.07, 6.45) is 47.2. The largest absolute Gasteiger partial charge is 0.477 e. The highest BCUT2D eigenvalue weighted by Gasteiger charge is 2.31. The molecular formula is C52H102NO7+. The van der Waals surface area contributed by atoms with Crippen LogP contribution in [0.4, 0.5) is 0 Å². The predicted octanol–water partition coefficient (Wildman–Crippen LogP) is 14.9. The Hall–Kier alpha value is -1.67. The first-order valence-corrected chi connectivity index (χ1v) is 26.1. The van der Waals surface area contributed by atoms with Crippen molar-refractivity contribution in [3.8, 4) is 0 Å². The molecule has 0 aromatic heterocycles. The van der Waals surface area contributed by atoms with Gasteiger partial charge in [-0.3, -0.25) is 9.59 Å². The molecule has 0 radical (unpaired) electrons. The molecule has 2 atom stereocenters. The van der Waals surface area contributed by atoms with Gasteiger partial charge in [0.05, 0.1) is 34.4 Å². The van der Waals surface area contributed by atoms with Crippen molar-refractivity contribution >= 4 is 17.9 Å². The van der Waals surface area contributed by atoms with E-state index in [0.717, 1.165) is 38.5 Å². The zero-order chi connectivity index (χ0) is 44.2. The predicted molar refractivity (Wildman–Crippen MR) is 253 cm³/mol. The van der Waals surface area contributed by atoms with Crippen molar-refractivity contribution in [3.05, 3.63) is 0 Å². The van der Waals surface area contributed by atoms with E-state index in [1.165, 1.54) is 193 Å². The molecule has 8 heteroatoms. The number of ether oxygens (including phenoxy) is 3. The van der Waals surface area contributed by atoms with E-state index in [-0.39, 0.29) is 36.2 Å². The highest BCUT2D eigenvalue weighted by Crippen LogP contribution is 2.17. The average Bonchev–Trinajstić information content (AvgIpc) is 3.21. The summed E-state index contributed by atoms with van der Waals surface area (Å²) in [5, 5.41) is 9.65. The molecule has 0 spiro atoms. The summed E-state index contributed by atoms with van der Waals surface area (Å²) in [6.45, 7) is 4.80. The number of carboxylic acid groups (broad SMARTS) is 1. The molecule has 0 heterocycles. The topological polar surface area (TPSA) is 99.1 Å². The number of likely N-dealkylation sites (N-methyl/N-ethyl adjacent to an activating group) is 1. The minimum atomic E-state index is -0.869. The maximum Gasteiger partial charge on any atom is 0.362 e. The summed E-state index contributed by atoms with van der Waals surface area (Å²) in [5.74, 6) is -1.44. The summed E-state index contributed by atoms with van der Waals surface area (Å²) < 4.78 is 17.4. The van der Waals surface area contributed by atoms with Gasteiger partial charge in [-0.1, -0.05) is 232 Å². The second-order valence-corrected chi connectivity index (χ2v) is 19.1. The van der Waals surface area contributed by atoms with Crippen molar-refractivity contribution in [2.75, 3.05) is 41.0 Å².